The van der Waals surface area contributed by atoms with Gasteiger partial charge in [0, 0.05) is 37.0 Å². The average Bonchev–Trinajstić information content (AvgIpc) is 3.72. The van der Waals surface area contributed by atoms with Crippen molar-refractivity contribution < 1.29 is 9.53 Å². The summed E-state index contributed by atoms with van der Waals surface area (Å²) < 4.78 is 5.80. The second kappa shape index (κ2) is 10.4. The van der Waals surface area contributed by atoms with E-state index in [1.54, 1.807) is 12.1 Å². The molecule has 176 valence electrons. The van der Waals surface area contributed by atoms with Gasteiger partial charge in [0.05, 0.1) is 29.1 Å². The minimum Gasteiger partial charge on any atom is -0.492 e. The second-order valence-electron chi connectivity index (χ2n) is 8.95. The van der Waals surface area contributed by atoms with E-state index in [1.165, 1.54) is 38.3 Å². The van der Waals surface area contributed by atoms with Crippen LogP contribution in [0.1, 0.15) is 48.0 Å². The van der Waals surface area contributed by atoms with Crippen molar-refractivity contribution in [2.24, 2.45) is 5.92 Å². The molecule has 0 spiro atoms. The third-order valence-electron chi connectivity index (χ3n) is 6.28. The molecule has 1 saturated heterocycles. The van der Waals surface area contributed by atoms with Gasteiger partial charge in [-0.2, -0.15) is 10.2 Å². The van der Waals surface area contributed by atoms with Gasteiger partial charge in [-0.3, -0.25) is 4.79 Å². The third kappa shape index (κ3) is 5.47. The zero-order valence-electron chi connectivity index (χ0n) is 19.0. The Kier molecular flexibility index (Phi) is 6.90. The van der Waals surface area contributed by atoms with E-state index in [0.717, 1.165) is 30.0 Å². The van der Waals surface area contributed by atoms with Crippen LogP contribution in [0.4, 0.5) is 5.82 Å². The zero-order valence-corrected chi connectivity index (χ0v) is 19.8. The predicted octanol–water partition coefficient (Wildman–Crippen LogP) is 4.90. The first kappa shape index (κ1) is 22.6. The van der Waals surface area contributed by atoms with Gasteiger partial charge >= 0.3 is 0 Å². The SMILES string of the molecule is O=C(NCc1cccnc1N1CCCCC1)c1cnnc(-c2ccc(OCC3CC3)c(Cl)c2)c1. The maximum absolute atomic E-state index is 12.9. The highest BCUT2D eigenvalue weighted by Gasteiger charge is 2.22. The molecule has 1 aromatic carbocycles. The standard InChI is InChI=1S/C26H28ClN5O2/c27-22-13-19(8-9-24(22)34-17-18-6-7-18)23-14-21(16-30-31-23)26(33)29-15-20-5-4-10-28-25(20)32-11-2-1-3-12-32/h4-5,8-10,13-14,16,18H,1-3,6-7,11-12,15,17H2,(H,29,33). The Morgan fingerprint density at radius 3 is 2.79 bits per heavy atom. The van der Waals surface area contributed by atoms with E-state index in [9.17, 15) is 4.79 Å². The Labute approximate surface area is 204 Å². The van der Waals surface area contributed by atoms with Gasteiger partial charge in [-0.1, -0.05) is 17.7 Å². The first-order chi connectivity index (χ1) is 16.7. The number of aromatic nitrogens is 3. The molecule has 1 aliphatic carbocycles. The molecule has 5 rings (SSSR count). The Hall–Kier alpha value is -3.19. The van der Waals surface area contributed by atoms with Gasteiger partial charge in [-0.05, 0) is 68.4 Å². The van der Waals surface area contributed by atoms with E-state index < -0.39 is 0 Å². The number of hydrogen-bond acceptors (Lipinski definition) is 6. The number of nitrogens with one attached hydrogen (secondary N) is 1. The van der Waals surface area contributed by atoms with Gasteiger partial charge in [0.25, 0.3) is 5.91 Å². The maximum atomic E-state index is 12.9. The van der Waals surface area contributed by atoms with Gasteiger partial charge in [0.15, 0.2) is 0 Å². The third-order valence-corrected chi connectivity index (χ3v) is 6.57. The number of anilines is 1. The monoisotopic (exact) mass is 477 g/mol. The Balaban J connectivity index is 1.26. The van der Waals surface area contributed by atoms with Crippen molar-refractivity contribution in [3.8, 4) is 17.0 Å². The molecule has 2 aromatic heterocycles. The largest absolute Gasteiger partial charge is 0.492 e. The summed E-state index contributed by atoms with van der Waals surface area (Å²) in [5, 5.41) is 11.8. The van der Waals surface area contributed by atoms with Crippen LogP contribution in [0.5, 0.6) is 5.75 Å². The molecule has 0 bridgehead atoms. The van der Waals surface area contributed by atoms with Crippen LogP contribution in [0.2, 0.25) is 5.02 Å². The lowest BCUT2D eigenvalue weighted by atomic mass is 10.1. The van der Waals surface area contributed by atoms with Crippen LogP contribution in [0.3, 0.4) is 0 Å². The van der Waals surface area contributed by atoms with E-state index in [-0.39, 0.29) is 5.91 Å². The molecule has 0 radical (unpaired) electrons. The van der Waals surface area contributed by atoms with E-state index in [0.29, 0.717) is 41.1 Å². The molecule has 2 aliphatic rings. The van der Waals surface area contributed by atoms with Crippen molar-refractivity contribution in [3.05, 3.63) is 64.9 Å². The number of amides is 1. The predicted molar refractivity (Wildman–Crippen MR) is 132 cm³/mol. The molecule has 1 N–H and O–H groups in total. The fourth-order valence-corrected chi connectivity index (χ4v) is 4.37. The quantitative estimate of drug-likeness (QED) is 0.497. The van der Waals surface area contributed by atoms with Crippen molar-refractivity contribution in [1.82, 2.24) is 20.5 Å². The summed E-state index contributed by atoms with van der Waals surface area (Å²) in [6.45, 7) is 3.10. The number of halogens is 1. The van der Waals surface area contributed by atoms with Crippen LogP contribution < -0.4 is 15.0 Å². The molecule has 1 aliphatic heterocycles. The summed E-state index contributed by atoms with van der Waals surface area (Å²) in [7, 11) is 0. The van der Waals surface area contributed by atoms with Gasteiger partial charge in [0.1, 0.15) is 11.6 Å². The van der Waals surface area contributed by atoms with Crippen LogP contribution in [-0.2, 0) is 6.54 Å². The van der Waals surface area contributed by atoms with Gasteiger partial charge in [0.2, 0.25) is 0 Å². The summed E-state index contributed by atoms with van der Waals surface area (Å²) in [4.78, 5) is 19.8. The molecule has 8 heteroatoms. The van der Waals surface area contributed by atoms with E-state index in [4.69, 9.17) is 16.3 Å². The number of carbonyl (C=O) groups is 1. The van der Waals surface area contributed by atoms with Gasteiger partial charge < -0.3 is 15.0 Å². The van der Waals surface area contributed by atoms with Crippen molar-refractivity contribution in [2.75, 3.05) is 24.6 Å². The summed E-state index contributed by atoms with van der Waals surface area (Å²) >= 11 is 6.42. The van der Waals surface area contributed by atoms with E-state index >= 15 is 0 Å². The highest BCUT2D eigenvalue weighted by Crippen LogP contribution is 2.33. The molecule has 7 nitrogen and oxygen atoms in total. The first-order valence-corrected chi connectivity index (χ1v) is 12.3. The van der Waals surface area contributed by atoms with E-state index in [2.05, 4.69) is 25.4 Å². The summed E-state index contributed by atoms with van der Waals surface area (Å²) in [6, 6.07) is 11.2. The number of nitrogens with zero attached hydrogens (tertiary/aromatic N) is 4. The van der Waals surface area contributed by atoms with Gasteiger partial charge in [-0.15, -0.1) is 0 Å². The fourth-order valence-electron chi connectivity index (χ4n) is 4.14. The summed E-state index contributed by atoms with van der Waals surface area (Å²) in [5.41, 5.74) is 2.82. The number of benzene rings is 1. The van der Waals surface area contributed by atoms with Crippen LogP contribution in [0.15, 0.2) is 48.8 Å². The molecule has 2 fully saturated rings. The topological polar surface area (TPSA) is 80.2 Å². The summed E-state index contributed by atoms with van der Waals surface area (Å²) in [6.07, 6.45) is 9.33. The Bertz CT molecular complexity index is 1160. The first-order valence-electron chi connectivity index (χ1n) is 11.9. The molecule has 3 heterocycles. The second-order valence-corrected chi connectivity index (χ2v) is 9.35. The smallest absolute Gasteiger partial charge is 0.253 e. The average molecular weight is 478 g/mol. The lowest BCUT2D eigenvalue weighted by Gasteiger charge is -2.29. The summed E-state index contributed by atoms with van der Waals surface area (Å²) in [5.74, 6) is 2.06. The number of hydrogen-bond donors (Lipinski definition) is 1. The lowest BCUT2D eigenvalue weighted by molar-refractivity contribution is 0.0950. The fraction of sp³-hybridized carbons (Fsp3) is 0.385. The molecule has 1 saturated carbocycles. The molecular weight excluding hydrogens is 450 g/mol. The zero-order chi connectivity index (χ0) is 23.3. The highest BCUT2D eigenvalue weighted by atomic mass is 35.5. The number of rotatable bonds is 8. The van der Waals surface area contributed by atoms with E-state index in [1.807, 2.05) is 30.5 Å². The van der Waals surface area contributed by atoms with Crippen molar-refractivity contribution in [3.63, 3.8) is 0 Å². The maximum Gasteiger partial charge on any atom is 0.253 e. The molecular formula is C26H28ClN5O2. The molecule has 34 heavy (non-hydrogen) atoms. The number of pyridine rings is 1. The molecule has 1 amide bonds. The molecule has 0 unspecified atom stereocenters. The van der Waals surface area contributed by atoms with Gasteiger partial charge in [-0.25, -0.2) is 4.98 Å². The van der Waals surface area contributed by atoms with Crippen molar-refractivity contribution in [1.29, 1.82) is 0 Å². The Morgan fingerprint density at radius 1 is 1.15 bits per heavy atom. The van der Waals surface area contributed by atoms with Crippen LogP contribution >= 0.6 is 11.6 Å². The number of carbonyl (C=O) groups excluding carboxylic acids is 1. The van der Waals surface area contributed by atoms with Crippen LogP contribution in [0, 0.1) is 5.92 Å². The Morgan fingerprint density at radius 2 is 2.00 bits per heavy atom. The number of ether oxygens (including phenoxy) is 1. The minimum atomic E-state index is -0.208. The number of piperidine rings is 1. The lowest BCUT2D eigenvalue weighted by Crippen LogP contribution is -2.32. The molecule has 3 aromatic rings. The van der Waals surface area contributed by atoms with Crippen LogP contribution in [0.25, 0.3) is 11.3 Å². The normalized spacial score (nSPS) is 15.7. The molecule has 0 atom stereocenters. The van der Waals surface area contributed by atoms with Crippen LogP contribution in [-0.4, -0.2) is 40.8 Å². The minimum absolute atomic E-state index is 0.208. The van der Waals surface area contributed by atoms with Crippen molar-refractivity contribution in [2.45, 2.75) is 38.6 Å². The van der Waals surface area contributed by atoms with Crippen molar-refractivity contribution >= 4 is 23.3 Å². The highest BCUT2D eigenvalue weighted by molar-refractivity contribution is 6.32.